The van der Waals surface area contributed by atoms with Gasteiger partial charge in [-0.3, -0.25) is 4.79 Å². The predicted octanol–water partition coefficient (Wildman–Crippen LogP) is 5.02. The number of aliphatic hydroxyl groups excluding tert-OH is 2. The first-order valence-electron chi connectivity index (χ1n) is 16.0. The number of ether oxygens (including phenoxy) is 4. The number of esters is 1. The fraction of sp³-hybridized carbons (Fsp3) is 0.351. The molecule has 0 saturated heterocycles. The Hall–Kier alpha value is -5.00. The van der Waals surface area contributed by atoms with Gasteiger partial charge < -0.3 is 45.1 Å². The Morgan fingerprint density at radius 2 is 1.85 bits per heavy atom. The average Bonchev–Trinajstić information content (AvgIpc) is 3.63. The number of benzene rings is 3. The van der Waals surface area contributed by atoms with Crippen LogP contribution in [0.25, 0.3) is 11.1 Å². The van der Waals surface area contributed by atoms with Crippen molar-refractivity contribution in [2.24, 2.45) is 5.92 Å². The molecule has 250 valence electrons. The largest absolute Gasteiger partial charge is 0.508 e. The van der Waals surface area contributed by atoms with E-state index in [9.17, 15) is 25.2 Å². The number of fused-ring (bicyclic) bond motifs is 6. The molecule has 11 heteroatoms. The zero-order valence-corrected chi connectivity index (χ0v) is 26.5. The number of nitrogens with zero attached hydrogens (tertiary/aromatic N) is 1. The van der Waals surface area contributed by atoms with Crippen LogP contribution in [0.15, 0.2) is 60.8 Å². The summed E-state index contributed by atoms with van der Waals surface area (Å²) in [5.41, 5.74) is 11.8. The highest BCUT2D eigenvalue weighted by atomic mass is 16.6. The smallest absolute Gasteiger partial charge is 0.302 e. The number of nitrogen functional groups attached to an aromatic ring is 1. The van der Waals surface area contributed by atoms with E-state index in [1.807, 2.05) is 30.5 Å². The molecule has 1 spiro atoms. The normalized spacial score (nSPS) is 22.0. The number of phenolic OH excluding ortho intramolecular Hbond substituents is 2. The lowest BCUT2D eigenvalue weighted by Gasteiger charge is -2.39. The highest BCUT2D eigenvalue weighted by Crippen LogP contribution is 2.62. The summed E-state index contributed by atoms with van der Waals surface area (Å²) in [6.07, 6.45) is 5.37. The highest BCUT2D eigenvalue weighted by Gasteiger charge is 2.50. The third-order valence-corrected chi connectivity index (χ3v) is 10.00. The molecule has 0 amide bonds. The number of carbonyl (C=O) groups is 1. The van der Waals surface area contributed by atoms with Crippen LogP contribution in [-0.2, 0) is 27.8 Å². The van der Waals surface area contributed by atoms with Gasteiger partial charge in [0.1, 0.15) is 35.8 Å². The number of anilines is 1. The number of aliphatic hydroxyl groups is 2. The van der Waals surface area contributed by atoms with Gasteiger partial charge in [0.15, 0.2) is 25.1 Å². The van der Waals surface area contributed by atoms with E-state index >= 15 is 0 Å². The maximum Gasteiger partial charge on any atom is 0.302 e. The van der Waals surface area contributed by atoms with Gasteiger partial charge in [0.2, 0.25) is 0 Å². The molecule has 0 unspecified atom stereocenters. The van der Waals surface area contributed by atoms with Crippen LogP contribution in [0, 0.1) is 5.92 Å². The molecule has 2 heterocycles. The van der Waals surface area contributed by atoms with E-state index in [0.29, 0.717) is 35.2 Å². The van der Waals surface area contributed by atoms with E-state index in [-0.39, 0.29) is 35.2 Å². The summed E-state index contributed by atoms with van der Waals surface area (Å²) in [6, 6.07) is 16.0. The molecular weight excluding hydrogens is 616 g/mol. The van der Waals surface area contributed by atoms with E-state index in [4.69, 9.17) is 24.7 Å². The molecule has 7 rings (SSSR count). The molecule has 0 radical (unpaired) electrons. The number of aromatic hydroxyl groups is 2. The molecule has 6 N–H and O–H groups in total. The quantitative estimate of drug-likeness (QED) is 0.121. The lowest BCUT2D eigenvalue weighted by molar-refractivity contribution is -0.141. The third-order valence-electron chi connectivity index (χ3n) is 10.00. The summed E-state index contributed by atoms with van der Waals surface area (Å²) in [5.74, 6) is 1.15. The first-order chi connectivity index (χ1) is 23.2. The highest BCUT2D eigenvalue weighted by molar-refractivity contribution is 5.84. The standard InChI is InChI=1S/C37H38N2O9/c1-20(42)45-17-28-26-4-5-27-33-24(11-25(43)13-31(33)47-19-41)15-37(9-8-21(14-37)10-22-2-7-32(38)39-16-22)34(27)36(26)48-35(28)23-3-6-29(44)30(12-23)46-18-40/h2-7,11-13,16,21,28,35,40-41,43-44H,8-10,14-15,17-19H2,1H3,(H2,38,39)/t21-,28-,35+,37+/m0/s1. The van der Waals surface area contributed by atoms with Crippen molar-refractivity contribution in [2.45, 2.75) is 56.5 Å². The molecule has 4 atom stereocenters. The number of hydrogen-bond acceptors (Lipinski definition) is 11. The summed E-state index contributed by atoms with van der Waals surface area (Å²) < 4.78 is 23.5. The molecule has 1 saturated carbocycles. The molecular formula is C37H38N2O9. The Morgan fingerprint density at radius 1 is 1.04 bits per heavy atom. The van der Waals surface area contributed by atoms with E-state index in [1.54, 1.807) is 18.2 Å². The van der Waals surface area contributed by atoms with Crippen molar-refractivity contribution in [2.75, 3.05) is 25.9 Å². The molecule has 2 aliphatic carbocycles. The lowest BCUT2D eigenvalue weighted by atomic mass is 9.65. The van der Waals surface area contributed by atoms with Crippen LogP contribution in [0.3, 0.4) is 0 Å². The van der Waals surface area contributed by atoms with Gasteiger partial charge in [0.05, 0.1) is 5.92 Å². The minimum atomic E-state index is -0.615. The summed E-state index contributed by atoms with van der Waals surface area (Å²) in [6.45, 7) is 0.259. The van der Waals surface area contributed by atoms with Crippen LogP contribution in [0.4, 0.5) is 5.82 Å². The first-order valence-corrected chi connectivity index (χ1v) is 16.0. The minimum absolute atomic E-state index is 0.0606. The van der Waals surface area contributed by atoms with E-state index < -0.39 is 25.7 Å². The Labute approximate surface area is 277 Å². The molecule has 11 nitrogen and oxygen atoms in total. The number of rotatable bonds is 9. The van der Waals surface area contributed by atoms with Crippen LogP contribution in [0.1, 0.15) is 66.0 Å². The minimum Gasteiger partial charge on any atom is -0.508 e. The molecule has 3 aromatic carbocycles. The monoisotopic (exact) mass is 654 g/mol. The molecule has 48 heavy (non-hydrogen) atoms. The number of phenols is 2. The molecule has 1 aromatic heterocycles. The number of hydrogen-bond donors (Lipinski definition) is 5. The fourth-order valence-electron chi connectivity index (χ4n) is 8.13. The number of carbonyl (C=O) groups excluding carboxylic acids is 1. The van der Waals surface area contributed by atoms with Gasteiger partial charge >= 0.3 is 5.97 Å². The number of nitrogens with two attached hydrogens (primary N) is 1. The summed E-state index contributed by atoms with van der Waals surface area (Å²) >= 11 is 0. The van der Waals surface area contributed by atoms with Crippen LogP contribution in [0.5, 0.6) is 28.7 Å². The Morgan fingerprint density at radius 3 is 2.60 bits per heavy atom. The second-order valence-electron chi connectivity index (χ2n) is 13.0. The maximum absolute atomic E-state index is 12.0. The molecule has 4 aromatic rings. The fourth-order valence-corrected chi connectivity index (χ4v) is 8.13. The predicted molar refractivity (Wildman–Crippen MR) is 175 cm³/mol. The van der Waals surface area contributed by atoms with Gasteiger partial charge in [-0.2, -0.15) is 0 Å². The van der Waals surface area contributed by atoms with Crippen LogP contribution < -0.4 is 19.9 Å². The summed E-state index contributed by atoms with van der Waals surface area (Å²) in [4.78, 5) is 16.3. The number of pyridine rings is 1. The number of aromatic nitrogens is 1. The molecule has 0 bridgehead atoms. The van der Waals surface area contributed by atoms with Gasteiger partial charge in [0.25, 0.3) is 0 Å². The lowest BCUT2D eigenvalue weighted by Crippen LogP contribution is -2.31. The van der Waals surface area contributed by atoms with Crippen molar-refractivity contribution in [3.63, 3.8) is 0 Å². The van der Waals surface area contributed by atoms with Crippen molar-refractivity contribution < 1.29 is 44.2 Å². The van der Waals surface area contributed by atoms with Crippen LogP contribution in [-0.4, -0.2) is 51.6 Å². The molecule has 1 aliphatic heterocycles. The second-order valence-corrected chi connectivity index (χ2v) is 13.0. The van der Waals surface area contributed by atoms with E-state index in [1.165, 1.54) is 19.1 Å². The second kappa shape index (κ2) is 12.6. The van der Waals surface area contributed by atoms with Gasteiger partial charge in [0, 0.05) is 41.3 Å². The molecule has 1 fully saturated rings. The van der Waals surface area contributed by atoms with Crippen molar-refractivity contribution in [3.05, 3.63) is 88.6 Å². The zero-order chi connectivity index (χ0) is 33.6. The van der Waals surface area contributed by atoms with Crippen molar-refractivity contribution >= 4 is 11.8 Å². The van der Waals surface area contributed by atoms with Gasteiger partial charge in [-0.05, 0) is 84.5 Å². The van der Waals surface area contributed by atoms with Gasteiger partial charge in [-0.1, -0.05) is 24.3 Å². The zero-order valence-electron chi connectivity index (χ0n) is 26.5. The average molecular weight is 655 g/mol. The maximum atomic E-state index is 12.0. The van der Waals surface area contributed by atoms with Crippen molar-refractivity contribution in [1.29, 1.82) is 0 Å². The Bertz CT molecular complexity index is 1860. The van der Waals surface area contributed by atoms with E-state index in [2.05, 4.69) is 4.98 Å². The van der Waals surface area contributed by atoms with Gasteiger partial charge in [-0.25, -0.2) is 4.98 Å². The van der Waals surface area contributed by atoms with Crippen LogP contribution in [0.2, 0.25) is 0 Å². The third kappa shape index (κ3) is 5.62. The molecule has 3 aliphatic rings. The summed E-state index contributed by atoms with van der Waals surface area (Å²) in [7, 11) is 0. The summed E-state index contributed by atoms with van der Waals surface area (Å²) in [5, 5.41) is 40.2. The van der Waals surface area contributed by atoms with Crippen molar-refractivity contribution in [3.8, 4) is 39.9 Å². The topological polar surface area (TPSA) is 174 Å². The van der Waals surface area contributed by atoms with E-state index in [0.717, 1.165) is 59.1 Å². The van der Waals surface area contributed by atoms with Gasteiger partial charge in [-0.15, -0.1) is 0 Å². The van der Waals surface area contributed by atoms with Crippen LogP contribution >= 0.6 is 0 Å². The SMILES string of the molecule is CC(=O)OC[C@H]1c2ccc3c(c2O[C@@H]1c1ccc(O)c(OCO)c1)[C@@]1(CC[C@@H](Cc2ccc(N)nc2)C1)Cc1cc(O)cc(OCO)c1-3. The first kappa shape index (κ1) is 31.6. The Balaban J connectivity index is 1.37. The van der Waals surface area contributed by atoms with Crippen molar-refractivity contribution in [1.82, 2.24) is 4.98 Å². The Kier molecular flexibility index (Phi) is 8.26.